The molecular formula is C18H15N3O5S. The number of aromatic hydroxyl groups is 1. The highest BCUT2D eigenvalue weighted by Crippen LogP contribution is 2.36. The first-order valence-electron chi connectivity index (χ1n) is 7.96. The third kappa shape index (κ3) is 3.66. The van der Waals surface area contributed by atoms with Crippen LogP contribution in [0.4, 0.5) is 0 Å². The summed E-state index contributed by atoms with van der Waals surface area (Å²) in [5.41, 5.74) is 1.27. The van der Waals surface area contributed by atoms with Gasteiger partial charge in [0.05, 0.1) is 18.2 Å². The molecule has 0 saturated carbocycles. The Labute approximate surface area is 158 Å². The van der Waals surface area contributed by atoms with Gasteiger partial charge in [-0.25, -0.2) is 0 Å². The van der Waals surface area contributed by atoms with Crippen molar-refractivity contribution in [3.8, 4) is 11.8 Å². The number of nitrogens with zero attached hydrogens (tertiary/aromatic N) is 2. The largest absolute Gasteiger partial charge is 0.507 e. The Hall–Kier alpha value is -3.25. The number of carbonyl (C=O) groups is 2. The molecule has 0 atom stereocenters. The summed E-state index contributed by atoms with van der Waals surface area (Å²) in [4.78, 5) is 35.9. The lowest BCUT2D eigenvalue weighted by Crippen LogP contribution is -2.37. The summed E-state index contributed by atoms with van der Waals surface area (Å²) in [5, 5.41) is 30.1. The topological polar surface area (TPSA) is 132 Å². The van der Waals surface area contributed by atoms with Crippen molar-refractivity contribution >= 4 is 23.6 Å². The van der Waals surface area contributed by atoms with Crippen LogP contribution < -0.4 is 10.9 Å². The molecule has 0 fully saturated rings. The van der Waals surface area contributed by atoms with E-state index in [1.807, 2.05) is 6.07 Å². The van der Waals surface area contributed by atoms with Crippen molar-refractivity contribution in [1.82, 2.24) is 9.88 Å². The van der Waals surface area contributed by atoms with Gasteiger partial charge in [0.2, 0.25) is 0 Å². The van der Waals surface area contributed by atoms with Gasteiger partial charge in [-0.15, -0.1) is 0 Å². The van der Waals surface area contributed by atoms with E-state index in [1.54, 1.807) is 24.3 Å². The predicted molar refractivity (Wildman–Crippen MR) is 97.6 cm³/mol. The molecule has 0 unspecified atom stereocenters. The number of benzene rings is 1. The molecule has 0 aliphatic carbocycles. The van der Waals surface area contributed by atoms with E-state index in [0.29, 0.717) is 28.3 Å². The first kappa shape index (κ1) is 18.5. The number of fused-ring (bicyclic) bond motifs is 1. The van der Waals surface area contributed by atoms with Crippen LogP contribution >= 0.6 is 11.8 Å². The number of carboxylic acids is 1. The molecule has 1 aliphatic rings. The van der Waals surface area contributed by atoms with Gasteiger partial charge in [-0.2, -0.15) is 17.0 Å². The van der Waals surface area contributed by atoms with Gasteiger partial charge >= 0.3 is 5.97 Å². The molecule has 9 heteroatoms. The second kappa shape index (κ2) is 7.55. The number of carbonyl (C=O) groups excluding carboxylic acids is 1. The van der Waals surface area contributed by atoms with Crippen LogP contribution in [-0.4, -0.2) is 33.2 Å². The fraction of sp³-hybridized carbons (Fsp3) is 0.222. The number of hydrogen-bond acceptors (Lipinski definition) is 6. The molecule has 3 rings (SSSR count). The molecule has 2 heterocycles. The maximum absolute atomic E-state index is 12.9. The minimum Gasteiger partial charge on any atom is -0.507 e. The maximum atomic E-state index is 12.9. The summed E-state index contributed by atoms with van der Waals surface area (Å²) in [6.45, 7) is -0.480. The molecule has 2 aromatic rings. The number of carboxylic acid groups (broad SMARTS) is 1. The monoisotopic (exact) mass is 385 g/mol. The third-order valence-electron chi connectivity index (χ3n) is 4.19. The first-order chi connectivity index (χ1) is 12.9. The molecule has 3 N–H and O–H groups in total. The Morgan fingerprint density at radius 1 is 1.26 bits per heavy atom. The van der Waals surface area contributed by atoms with E-state index in [0.717, 1.165) is 5.56 Å². The summed E-state index contributed by atoms with van der Waals surface area (Å²) in [6, 6.07) is 8.73. The Balaban J connectivity index is 2.05. The third-order valence-corrected chi connectivity index (χ3v) is 5.16. The molecule has 138 valence electrons. The number of amides is 1. The lowest BCUT2D eigenvalue weighted by atomic mass is 10.1. The van der Waals surface area contributed by atoms with Crippen LogP contribution in [0, 0.1) is 11.3 Å². The summed E-state index contributed by atoms with van der Waals surface area (Å²) < 4.78 is 1.42. The SMILES string of the molecule is N#Cc1ccc(Cn2c3c(c(O)c(C(=O)NCC(=O)O)c2=O)CSC3)cc1. The molecule has 0 spiro atoms. The van der Waals surface area contributed by atoms with Crippen LogP contribution in [0.25, 0.3) is 0 Å². The van der Waals surface area contributed by atoms with Crippen molar-refractivity contribution in [2.45, 2.75) is 18.1 Å². The van der Waals surface area contributed by atoms with Gasteiger partial charge in [0.25, 0.3) is 11.5 Å². The van der Waals surface area contributed by atoms with E-state index in [4.69, 9.17) is 10.4 Å². The van der Waals surface area contributed by atoms with Gasteiger partial charge in [-0.3, -0.25) is 14.4 Å². The molecule has 1 aromatic heterocycles. The molecule has 8 nitrogen and oxygen atoms in total. The number of aliphatic carboxylic acids is 1. The summed E-state index contributed by atoms with van der Waals surface area (Å²) >= 11 is 1.51. The number of nitrogens with one attached hydrogen (secondary N) is 1. The minimum absolute atomic E-state index is 0.174. The van der Waals surface area contributed by atoms with Gasteiger partial charge in [0.15, 0.2) is 0 Å². The van der Waals surface area contributed by atoms with E-state index < -0.39 is 29.5 Å². The molecule has 0 radical (unpaired) electrons. The molecule has 1 aliphatic heterocycles. The Kier molecular flexibility index (Phi) is 5.19. The average molecular weight is 385 g/mol. The van der Waals surface area contributed by atoms with Crippen LogP contribution in [0.2, 0.25) is 0 Å². The number of rotatable bonds is 5. The first-order valence-corrected chi connectivity index (χ1v) is 9.12. The smallest absolute Gasteiger partial charge is 0.322 e. The number of aromatic nitrogens is 1. The normalized spacial score (nSPS) is 12.3. The maximum Gasteiger partial charge on any atom is 0.322 e. The van der Waals surface area contributed by atoms with Gasteiger partial charge in [0.1, 0.15) is 17.9 Å². The van der Waals surface area contributed by atoms with Crippen molar-refractivity contribution in [3.63, 3.8) is 0 Å². The second-order valence-corrected chi connectivity index (χ2v) is 6.90. The Morgan fingerprint density at radius 2 is 1.96 bits per heavy atom. The van der Waals surface area contributed by atoms with E-state index in [1.165, 1.54) is 16.3 Å². The average Bonchev–Trinajstić information content (AvgIpc) is 3.14. The van der Waals surface area contributed by atoms with Crippen molar-refractivity contribution < 1.29 is 19.8 Å². The number of thioether (sulfide) groups is 1. The lowest BCUT2D eigenvalue weighted by Gasteiger charge is -2.16. The predicted octanol–water partition coefficient (Wildman–Crippen LogP) is 1.04. The standard InChI is InChI=1S/C18H15N3O5S/c19-5-10-1-3-11(4-2-10)7-21-13-9-27-8-12(13)16(24)15(18(21)26)17(25)20-6-14(22)23/h1-4,24H,6-9H2,(H,20,25)(H,22,23). The second-order valence-electron chi connectivity index (χ2n) is 5.92. The molecule has 0 bridgehead atoms. The van der Waals surface area contributed by atoms with Crippen molar-refractivity contribution in [2.24, 2.45) is 0 Å². The van der Waals surface area contributed by atoms with E-state index in [2.05, 4.69) is 5.32 Å². The number of nitriles is 1. The van der Waals surface area contributed by atoms with E-state index in [9.17, 15) is 19.5 Å². The van der Waals surface area contributed by atoms with E-state index in [-0.39, 0.29) is 12.3 Å². The highest BCUT2D eigenvalue weighted by atomic mass is 32.2. The Bertz CT molecular complexity index is 1020. The summed E-state index contributed by atoms with van der Waals surface area (Å²) in [6.07, 6.45) is 0. The summed E-state index contributed by atoms with van der Waals surface area (Å²) in [7, 11) is 0. The van der Waals surface area contributed by atoms with Crippen LogP contribution in [-0.2, 0) is 22.8 Å². The zero-order chi connectivity index (χ0) is 19.6. The quantitative estimate of drug-likeness (QED) is 0.700. The van der Waals surface area contributed by atoms with Crippen molar-refractivity contribution in [2.75, 3.05) is 6.54 Å². The summed E-state index contributed by atoms with van der Waals surface area (Å²) in [5.74, 6) is -1.59. The zero-order valence-corrected chi connectivity index (χ0v) is 14.9. The fourth-order valence-corrected chi connectivity index (χ4v) is 3.99. The number of hydrogen-bond donors (Lipinski definition) is 3. The van der Waals surface area contributed by atoms with Crippen molar-refractivity contribution in [1.29, 1.82) is 5.26 Å². The highest BCUT2D eigenvalue weighted by Gasteiger charge is 2.28. The fourth-order valence-electron chi connectivity index (χ4n) is 2.86. The highest BCUT2D eigenvalue weighted by molar-refractivity contribution is 7.98. The van der Waals surface area contributed by atoms with Gasteiger partial charge in [0, 0.05) is 22.8 Å². The van der Waals surface area contributed by atoms with Gasteiger partial charge in [-0.05, 0) is 17.7 Å². The molecular weight excluding hydrogens is 370 g/mol. The molecule has 27 heavy (non-hydrogen) atoms. The van der Waals surface area contributed by atoms with Crippen LogP contribution in [0.1, 0.15) is 32.7 Å². The molecule has 0 saturated heterocycles. The van der Waals surface area contributed by atoms with E-state index >= 15 is 0 Å². The minimum atomic E-state index is -1.25. The zero-order valence-electron chi connectivity index (χ0n) is 14.1. The molecule has 1 aromatic carbocycles. The number of pyridine rings is 1. The van der Waals surface area contributed by atoms with Crippen molar-refractivity contribution in [3.05, 3.63) is 62.6 Å². The van der Waals surface area contributed by atoms with Crippen LogP contribution in [0.15, 0.2) is 29.1 Å². The Morgan fingerprint density at radius 3 is 2.59 bits per heavy atom. The van der Waals surface area contributed by atoms with Crippen LogP contribution in [0.5, 0.6) is 5.75 Å². The van der Waals surface area contributed by atoms with Gasteiger partial charge in [-0.1, -0.05) is 12.1 Å². The molecule has 1 amide bonds. The van der Waals surface area contributed by atoms with Crippen LogP contribution in [0.3, 0.4) is 0 Å². The lowest BCUT2D eigenvalue weighted by molar-refractivity contribution is -0.135. The van der Waals surface area contributed by atoms with Gasteiger partial charge < -0.3 is 20.1 Å².